The topological polar surface area (TPSA) is 52.6 Å². The van der Waals surface area contributed by atoms with Crippen LogP contribution < -0.4 is 5.32 Å². The second-order valence-corrected chi connectivity index (χ2v) is 4.66. The Balaban J connectivity index is 2.65. The molecule has 0 spiro atoms. The number of aliphatic carboxylic acids is 1. The van der Waals surface area contributed by atoms with Crippen LogP contribution in [0.5, 0.6) is 0 Å². The third-order valence-electron chi connectivity index (χ3n) is 3.81. The molecule has 2 N–H and O–H groups in total. The van der Waals surface area contributed by atoms with Gasteiger partial charge in [0.15, 0.2) is 0 Å². The summed E-state index contributed by atoms with van der Waals surface area (Å²) >= 11 is 0. The Morgan fingerprint density at radius 2 is 2.25 bits per heavy atom. The van der Waals surface area contributed by atoms with Gasteiger partial charge in [-0.1, -0.05) is 13.8 Å². The summed E-state index contributed by atoms with van der Waals surface area (Å²) in [6, 6.07) is 0.425. The van der Waals surface area contributed by atoms with E-state index in [1.54, 1.807) is 7.05 Å². The molecule has 0 amide bonds. The molecule has 1 aliphatic rings. The first-order valence-corrected chi connectivity index (χ1v) is 6.26. The average Bonchev–Trinajstić information content (AvgIpc) is 2.71. The van der Waals surface area contributed by atoms with Crippen LogP contribution in [0.1, 0.15) is 39.5 Å². The zero-order chi connectivity index (χ0) is 12.2. The average molecular weight is 228 g/mol. The van der Waals surface area contributed by atoms with Crippen LogP contribution in [0, 0.1) is 0 Å². The van der Waals surface area contributed by atoms with Gasteiger partial charge in [0.1, 0.15) is 5.54 Å². The molecule has 2 atom stereocenters. The first kappa shape index (κ1) is 13.5. The summed E-state index contributed by atoms with van der Waals surface area (Å²) in [4.78, 5) is 13.7. The number of hydrogen-bond donors (Lipinski definition) is 2. The summed E-state index contributed by atoms with van der Waals surface area (Å²) < 4.78 is 0. The van der Waals surface area contributed by atoms with Crippen LogP contribution in [0.4, 0.5) is 0 Å². The highest BCUT2D eigenvalue weighted by atomic mass is 16.4. The number of carboxylic acid groups (broad SMARTS) is 1. The van der Waals surface area contributed by atoms with E-state index in [9.17, 15) is 9.90 Å². The van der Waals surface area contributed by atoms with Gasteiger partial charge in [-0.05, 0) is 45.8 Å². The molecule has 0 aromatic carbocycles. The van der Waals surface area contributed by atoms with Crippen LogP contribution in [0.25, 0.3) is 0 Å². The van der Waals surface area contributed by atoms with Gasteiger partial charge >= 0.3 is 5.97 Å². The highest BCUT2D eigenvalue weighted by Crippen LogP contribution is 2.33. The Hall–Kier alpha value is -0.610. The third kappa shape index (κ3) is 2.55. The van der Waals surface area contributed by atoms with E-state index >= 15 is 0 Å². The number of carbonyl (C=O) groups is 1. The number of nitrogens with zero attached hydrogens (tertiary/aromatic N) is 1. The van der Waals surface area contributed by atoms with Crippen molar-refractivity contribution in [2.45, 2.75) is 51.1 Å². The maximum Gasteiger partial charge on any atom is 0.323 e. The van der Waals surface area contributed by atoms with Crippen molar-refractivity contribution in [2.24, 2.45) is 0 Å². The Kier molecular flexibility index (Phi) is 4.74. The molecule has 0 saturated heterocycles. The first-order valence-electron chi connectivity index (χ1n) is 6.26. The van der Waals surface area contributed by atoms with Crippen molar-refractivity contribution in [3.05, 3.63) is 0 Å². The SMILES string of the molecule is CCCN(CC)C1CCC(NC)(C(=O)O)C1. The quantitative estimate of drug-likeness (QED) is 0.720. The molecule has 94 valence electrons. The molecule has 2 unspecified atom stereocenters. The smallest absolute Gasteiger partial charge is 0.323 e. The van der Waals surface area contributed by atoms with Gasteiger partial charge in [-0.3, -0.25) is 4.79 Å². The summed E-state index contributed by atoms with van der Waals surface area (Å²) in [5.74, 6) is -0.704. The predicted octanol–water partition coefficient (Wildman–Crippen LogP) is 1.31. The largest absolute Gasteiger partial charge is 0.480 e. The molecule has 0 radical (unpaired) electrons. The highest BCUT2D eigenvalue weighted by molar-refractivity contribution is 5.79. The summed E-state index contributed by atoms with van der Waals surface area (Å²) in [5, 5.41) is 12.3. The van der Waals surface area contributed by atoms with Crippen LogP contribution >= 0.6 is 0 Å². The number of nitrogens with one attached hydrogen (secondary N) is 1. The van der Waals surface area contributed by atoms with Gasteiger partial charge < -0.3 is 15.3 Å². The predicted molar refractivity (Wildman–Crippen MR) is 64.6 cm³/mol. The Morgan fingerprint density at radius 3 is 2.62 bits per heavy atom. The molecule has 0 aromatic heterocycles. The lowest BCUT2D eigenvalue weighted by atomic mass is 9.98. The van der Waals surface area contributed by atoms with E-state index in [-0.39, 0.29) is 0 Å². The van der Waals surface area contributed by atoms with Crippen molar-refractivity contribution < 1.29 is 9.90 Å². The number of carboxylic acids is 1. The fourth-order valence-corrected chi connectivity index (χ4v) is 2.75. The van der Waals surface area contributed by atoms with Crippen LogP contribution in [-0.2, 0) is 4.79 Å². The monoisotopic (exact) mass is 228 g/mol. The van der Waals surface area contributed by atoms with E-state index < -0.39 is 11.5 Å². The minimum absolute atomic E-state index is 0.425. The molecular formula is C12H24N2O2. The molecule has 4 heteroatoms. The van der Waals surface area contributed by atoms with Crippen LogP contribution in [0.15, 0.2) is 0 Å². The van der Waals surface area contributed by atoms with Crippen LogP contribution in [-0.4, -0.2) is 47.7 Å². The van der Waals surface area contributed by atoms with E-state index in [0.717, 1.165) is 38.8 Å². The van der Waals surface area contributed by atoms with Crippen molar-refractivity contribution in [1.29, 1.82) is 0 Å². The van der Waals surface area contributed by atoms with E-state index in [0.29, 0.717) is 6.04 Å². The zero-order valence-electron chi connectivity index (χ0n) is 10.6. The second kappa shape index (κ2) is 5.64. The van der Waals surface area contributed by atoms with E-state index in [4.69, 9.17) is 0 Å². The van der Waals surface area contributed by atoms with Gasteiger partial charge in [-0.2, -0.15) is 0 Å². The Morgan fingerprint density at radius 1 is 1.56 bits per heavy atom. The Labute approximate surface area is 98.0 Å². The Bertz CT molecular complexity index is 245. The molecule has 1 saturated carbocycles. The van der Waals surface area contributed by atoms with Gasteiger partial charge in [-0.15, -0.1) is 0 Å². The zero-order valence-corrected chi connectivity index (χ0v) is 10.6. The maximum atomic E-state index is 11.3. The molecule has 16 heavy (non-hydrogen) atoms. The summed E-state index contributed by atoms with van der Waals surface area (Å²) in [5.41, 5.74) is -0.689. The fourth-order valence-electron chi connectivity index (χ4n) is 2.75. The van der Waals surface area contributed by atoms with Crippen LogP contribution in [0.2, 0.25) is 0 Å². The minimum atomic E-state index is -0.704. The lowest BCUT2D eigenvalue weighted by Gasteiger charge is -2.29. The summed E-state index contributed by atoms with van der Waals surface area (Å²) in [6.45, 7) is 6.40. The number of likely N-dealkylation sites (N-methyl/N-ethyl adjacent to an activating group) is 1. The molecule has 1 fully saturated rings. The second-order valence-electron chi connectivity index (χ2n) is 4.66. The number of rotatable bonds is 6. The lowest BCUT2D eigenvalue weighted by molar-refractivity contribution is -0.144. The van der Waals surface area contributed by atoms with Crippen molar-refractivity contribution in [3.8, 4) is 0 Å². The molecule has 1 rings (SSSR count). The highest BCUT2D eigenvalue weighted by Gasteiger charge is 2.45. The normalized spacial score (nSPS) is 29.9. The summed E-state index contributed by atoms with van der Waals surface area (Å²) in [6.07, 6.45) is 3.58. The van der Waals surface area contributed by atoms with Gasteiger partial charge in [0.2, 0.25) is 0 Å². The number of hydrogen-bond acceptors (Lipinski definition) is 3. The van der Waals surface area contributed by atoms with E-state index in [1.807, 2.05) is 0 Å². The third-order valence-corrected chi connectivity index (χ3v) is 3.81. The molecule has 4 nitrogen and oxygen atoms in total. The van der Waals surface area contributed by atoms with Gasteiger partial charge in [0, 0.05) is 6.04 Å². The maximum absolute atomic E-state index is 11.3. The van der Waals surface area contributed by atoms with E-state index in [2.05, 4.69) is 24.1 Å². The van der Waals surface area contributed by atoms with Crippen molar-refractivity contribution in [2.75, 3.05) is 20.1 Å². The van der Waals surface area contributed by atoms with Crippen LogP contribution in [0.3, 0.4) is 0 Å². The molecule has 0 aromatic rings. The van der Waals surface area contributed by atoms with Gasteiger partial charge in [0.05, 0.1) is 0 Å². The fraction of sp³-hybridized carbons (Fsp3) is 0.917. The van der Waals surface area contributed by atoms with Crippen molar-refractivity contribution in [3.63, 3.8) is 0 Å². The van der Waals surface area contributed by atoms with E-state index in [1.165, 1.54) is 0 Å². The minimum Gasteiger partial charge on any atom is -0.480 e. The molecule has 0 aliphatic heterocycles. The van der Waals surface area contributed by atoms with Crippen molar-refractivity contribution in [1.82, 2.24) is 10.2 Å². The van der Waals surface area contributed by atoms with Gasteiger partial charge in [-0.25, -0.2) is 0 Å². The molecule has 0 bridgehead atoms. The molecule has 0 heterocycles. The van der Waals surface area contributed by atoms with Crippen molar-refractivity contribution >= 4 is 5.97 Å². The molecular weight excluding hydrogens is 204 g/mol. The first-order chi connectivity index (χ1) is 7.59. The molecule has 1 aliphatic carbocycles. The van der Waals surface area contributed by atoms with Gasteiger partial charge in [0.25, 0.3) is 0 Å². The lowest BCUT2D eigenvalue weighted by Crippen LogP contribution is -2.49. The summed E-state index contributed by atoms with van der Waals surface area (Å²) in [7, 11) is 1.76. The standard InChI is InChI=1S/C12H24N2O2/c1-4-8-14(5-2)10-6-7-12(9-10,13-3)11(15)16/h10,13H,4-9H2,1-3H3,(H,15,16).